The van der Waals surface area contributed by atoms with Crippen LogP contribution in [0.5, 0.6) is 5.75 Å². The van der Waals surface area contributed by atoms with E-state index in [0.717, 1.165) is 30.8 Å². The highest BCUT2D eigenvalue weighted by atomic mass is 32.2. The van der Waals surface area contributed by atoms with E-state index in [9.17, 15) is 18.3 Å². The van der Waals surface area contributed by atoms with Crippen molar-refractivity contribution in [2.75, 3.05) is 23.3 Å². The molecule has 284 valence electrons. The number of hydrogen-bond acceptors (Lipinski definition) is 9. The molecule has 2 heterocycles. The Kier molecular flexibility index (Phi) is 11.7. The molecule has 0 radical (unpaired) electrons. The number of nitrogens with one attached hydrogen (secondary N) is 2. The summed E-state index contributed by atoms with van der Waals surface area (Å²) >= 11 is 0. The number of halogens is 3. The highest BCUT2D eigenvalue weighted by molar-refractivity contribution is 7.92. The molecular weight excluding hydrogens is 710 g/mol. The Morgan fingerprint density at radius 2 is 1.72 bits per heavy atom. The third-order valence-corrected chi connectivity index (χ3v) is 10.5. The summed E-state index contributed by atoms with van der Waals surface area (Å²) in [7, 11) is -2.51. The normalized spacial score (nSPS) is 14.4. The Labute approximate surface area is 308 Å². The third-order valence-electron chi connectivity index (χ3n) is 9.14. The summed E-state index contributed by atoms with van der Waals surface area (Å²) in [6, 6.07) is 10.5. The second-order valence-corrected chi connectivity index (χ2v) is 16.3. The number of alkyl halides is 3. The highest BCUT2D eigenvalue weighted by Crippen LogP contribution is 2.45. The lowest BCUT2D eigenvalue weighted by Crippen LogP contribution is -2.39. The monoisotopic (exact) mass is 754 g/mol. The van der Waals surface area contributed by atoms with Gasteiger partial charge in [-0.25, -0.2) is 23.2 Å². The first-order valence-electron chi connectivity index (χ1n) is 17.3. The summed E-state index contributed by atoms with van der Waals surface area (Å²) in [5.74, 6) is -1.66. The Morgan fingerprint density at radius 1 is 1.04 bits per heavy atom. The minimum Gasteiger partial charge on any atom is -0.491 e. The zero-order valence-corrected chi connectivity index (χ0v) is 31.4. The van der Waals surface area contributed by atoms with Crippen molar-refractivity contribution in [1.82, 2.24) is 20.3 Å². The van der Waals surface area contributed by atoms with Crippen LogP contribution >= 0.6 is 0 Å². The first kappa shape index (κ1) is 39.4. The number of aromatic carboxylic acids is 1. The number of carboxylic acids is 1. The van der Waals surface area contributed by atoms with Crippen molar-refractivity contribution in [1.29, 1.82) is 0 Å². The first-order valence-corrected chi connectivity index (χ1v) is 18.8. The van der Waals surface area contributed by atoms with Crippen LogP contribution in [0.1, 0.15) is 79.2 Å². The maximum Gasteiger partial charge on any atom is 0.422 e. The zero-order valence-electron chi connectivity index (χ0n) is 30.6. The number of aryl methyl sites for hydroxylation is 2. The molecule has 1 aliphatic rings. The van der Waals surface area contributed by atoms with Crippen molar-refractivity contribution in [3.8, 4) is 17.0 Å². The van der Waals surface area contributed by atoms with Crippen LogP contribution in [-0.4, -0.2) is 60.2 Å². The summed E-state index contributed by atoms with van der Waals surface area (Å²) in [6.45, 7) is 9.38. The second kappa shape index (κ2) is 15.7. The van der Waals surface area contributed by atoms with Gasteiger partial charge >= 0.3 is 12.1 Å². The summed E-state index contributed by atoms with van der Waals surface area (Å²) in [4.78, 5) is 26.6. The van der Waals surface area contributed by atoms with E-state index in [2.05, 4.69) is 24.9 Å². The molecule has 53 heavy (non-hydrogen) atoms. The SMILES string of the molecule is Cc1cccc(C)c1-c1nc(NS(=O)(=O)c2cccc(C(=O)O)c2)cc(OC[C@@H](CC(C)(C)C)NCc2cncc(N(C)C3CCC3)n2)c1C(F)(F)F. The third kappa shape index (κ3) is 9.82. The van der Waals surface area contributed by atoms with Crippen LogP contribution < -0.4 is 19.7 Å². The van der Waals surface area contributed by atoms with Crippen LogP contribution in [0.2, 0.25) is 0 Å². The molecule has 0 bridgehead atoms. The van der Waals surface area contributed by atoms with Gasteiger partial charge in [0.2, 0.25) is 0 Å². The first-order chi connectivity index (χ1) is 24.8. The number of hydrogen-bond donors (Lipinski definition) is 3. The minimum atomic E-state index is -4.95. The van der Waals surface area contributed by atoms with Gasteiger partial charge in [0.05, 0.1) is 28.0 Å². The fraction of sp³-hybridized carbons (Fsp3) is 0.421. The number of nitrogens with zero attached hydrogens (tertiary/aromatic N) is 4. The number of carboxylic acid groups (broad SMARTS) is 1. The quantitative estimate of drug-likeness (QED) is 0.117. The van der Waals surface area contributed by atoms with Gasteiger partial charge < -0.3 is 20.1 Å². The lowest BCUT2D eigenvalue weighted by Gasteiger charge is -2.35. The highest BCUT2D eigenvalue weighted by Gasteiger charge is 2.40. The summed E-state index contributed by atoms with van der Waals surface area (Å²) < 4.78 is 80.6. The zero-order chi connectivity index (χ0) is 38.7. The average molecular weight is 755 g/mol. The standard InChI is InChI=1S/C38H45F3N6O5S/c1-23-10-7-11-24(2)33(23)35-34(38(39,40)41)30(17-31(45-35)46-53(50,51)29-15-8-12-25(16-29)36(48)49)52-22-26(18-37(3,4)5)43-20-27-19-42-21-32(44-27)47(6)28-13-9-14-28/h7-8,10-12,15-17,19,21,26,28,43H,9,13-14,18,20,22H2,1-6H3,(H,45,46)(H,48,49)/t26-/m1/s1. The largest absolute Gasteiger partial charge is 0.491 e. The molecule has 11 nitrogen and oxygen atoms in total. The van der Waals surface area contributed by atoms with Crippen molar-refractivity contribution < 1.29 is 36.2 Å². The molecular formula is C38H45F3N6O5S. The molecule has 0 spiro atoms. The van der Waals surface area contributed by atoms with Crippen molar-refractivity contribution in [3.05, 3.63) is 88.9 Å². The molecule has 2 aromatic carbocycles. The van der Waals surface area contributed by atoms with Crippen LogP contribution in [0.4, 0.5) is 24.8 Å². The van der Waals surface area contributed by atoms with Gasteiger partial charge in [-0.2, -0.15) is 13.2 Å². The van der Waals surface area contributed by atoms with E-state index in [1.807, 2.05) is 27.8 Å². The van der Waals surface area contributed by atoms with Gasteiger partial charge in [-0.05, 0) is 74.3 Å². The van der Waals surface area contributed by atoms with Crippen LogP contribution in [0, 0.1) is 19.3 Å². The molecule has 1 aliphatic carbocycles. The Morgan fingerprint density at radius 3 is 2.32 bits per heavy atom. The van der Waals surface area contributed by atoms with Gasteiger partial charge in [-0.1, -0.05) is 45.0 Å². The van der Waals surface area contributed by atoms with E-state index in [1.54, 1.807) is 44.4 Å². The average Bonchev–Trinajstić information content (AvgIpc) is 3.04. The molecule has 3 N–H and O–H groups in total. The Bertz CT molecular complexity index is 2050. The molecule has 0 aliphatic heterocycles. The predicted molar refractivity (Wildman–Crippen MR) is 197 cm³/mol. The number of anilines is 2. The Hall–Kier alpha value is -4.76. The van der Waals surface area contributed by atoms with Crippen LogP contribution in [0.25, 0.3) is 11.3 Å². The summed E-state index contributed by atoms with van der Waals surface area (Å²) in [6.07, 6.45) is 2.27. The number of pyridine rings is 1. The smallest absolute Gasteiger partial charge is 0.422 e. The molecule has 1 atom stereocenters. The van der Waals surface area contributed by atoms with Crippen LogP contribution in [0.15, 0.2) is 65.8 Å². The number of sulfonamides is 1. The predicted octanol–water partition coefficient (Wildman–Crippen LogP) is 7.64. The lowest BCUT2D eigenvalue weighted by molar-refractivity contribution is -0.138. The number of carbonyl (C=O) groups is 1. The summed E-state index contributed by atoms with van der Waals surface area (Å²) in [5.41, 5.74) is -0.388. The van der Waals surface area contributed by atoms with Crippen LogP contribution in [0.3, 0.4) is 0 Å². The molecule has 0 amide bonds. The molecule has 1 fully saturated rings. The number of ether oxygens (including phenoxy) is 1. The van der Waals surface area contributed by atoms with Gasteiger partial charge in [-0.15, -0.1) is 0 Å². The lowest BCUT2D eigenvalue weighted by atomic mass is 9.88. The van der Waals surface area contributed by atoms with E-state index < -0.39 is 55.9 Å². The van der Waals surface area contributed by atoms with Crippen molar-refractivity contribution >= 4 is 27.6 Å². The number of rotatable bonds is 14. The summed E-state index contributed by atoms with van der Waals surface area (Å²) in [5, 5.41) is 12.8. The van der Waals surface area contributed by atoms with E-state index in [4.69, 9.17) is 9.72 Å². The van der Waals surface area contributed by atoms with Gasteiger partial charge in [0, 0.05) is 43.5 Å². The number of aromatic nitrogens is 3. The molecule has 5 rings (SSSR count). The van der Waals surface area contributed by atoms with Gasteiger partial charge in [0.15, 0.2) is 0 Å². The minimum absolute atomic E-state index is 0.174. The maximum absolute atomic E-state index is 15.1. The molecule has 0 saturated heterocycles. The fourth-order valence-corrected chi connectivity index (χ4v) is 7.34. The van der Waals surface area contributed by atoms with Crippen molar-refractivity contribution in [2.24, 2.45) is 5.41 Å². The van der Waals surface area contributed by atoms with Crippen molar-refractivity contribution in [3.63, 3.8) is 0 Å². The van der Waals surface area contributed by atoms with E-state index >= 15 is 13.2 Å². The number of benzene rings is 2. The maximum atomic E-state index is 15.1. The topological polar surface area (TPSA) is 147 Å². The van der Waals surface area contributed by atoms with Gasteiger partial charge in [-0.3, -0.25) is 9.71 Å². The Balaban J connectivity index is 1.52. The van der Waals surface area contributed by atoms with Gasteiger partial charge in [0.25, 0.3) is 10.0 Å². The second-order valence-electron chi connectivity index (χ2n) is 14.7. The molecule has 1 saturated carbocycles. The molecule has 15 heteroatoms. The van der Waals surface area contributed by atoms with Crippen LogP contribution in [-0.2, 0) is 22.7 Å². The molecule has 2 aromatic heterocycles. The molecule has 4 aromatic rings. The van der Waals surface area contributed by atoms with E-state index in [1.165, 1.54) is 24.6 Å². The molecule has 0 unspecified atom stereocenters. The van der Waals surface area contributed by atoms with E-state index in [-0.39, 0.29) is 29.7 Å². The fourth-order valence-electron chi connectivity index (χ4n) is 6.30. The van der Waals surface area contributed by atoms with Crippen molar-refractivity contribution in [2.45, 2.75) is 90.0 Å². The van der Waals surface area contributed by atoms with Gasteiger partial charge in [0.1, 0.15) is 29.6 Å². The van der Waals surface area contributed by atoms with E-state index in [0.29, 0.717) is 29.3 Å².